The SMILES string of the molecule is COc1cccc(Cl)c1CNCc1ccccc1C1CC1. The maximum absolute atomic E-state index is 6.26. The molecule has 3 rings (SSSR count). The van der Waals surface area contributed by atoms with E-state index in [1.165, 1.54) is 24.0 Å². The monoisotopic (exact) mass is 301 g/mol. The van der Waals surface area contributed by atoms with Crippen LogP contribution in [0, 0.1) is 0 Å². The summed E-state index contributed by atoms with van der Waals surface area (Å²) in [6.07, 6.45) is 2.66. The summed E-state index contributed by atoms with van der Waals surface area (Å²) in [5.74, 6) is 1.61. The summed E-state index contributed by atoms with van der Waals surface area (Å²) in [5, 5.41) is 4.24. The first-order valence-electron chi connectivity index (χ1n) is 7.39. The third-order valence-electron chi connectivity index (χ3n) is 3.99. The highest BCUT2D eigenvalue weighted by molar-refractivity contribution is 6.31. The Bertz CT molecular complexity index is 622. The predicted molar refractivity (Wildman–Crippen MR) is 87.0 cm³/mol. The zero-order valence-corrected chi connectivity index (χ0v) is 13.0. The van der Waals surface area contributed by atoms with Crippen LogP contribution in [0.5, 0.6) is 5.75 Å². The molecule has 1 saturated carbocycles. The molecule has 2 nitrogen and oxygen atoms in total. The Kier molecular flexibility index (Phi) is 4.47. The quantitative estimate of drug-likeness (QED) is 0.847. The lowest BCUT2D eigenvalue weighted by molar-refractivity contribution is 0.407. The molecule has 1 aliphatic carbocycles. The van der Waals surface area contributed by atoms with Crippen molar-refractivity contribution in [3.8, 4) is 5.75 Å². The molecule has 0 aromatic heterocycles. The summed E-state index contributed by atoms with van der Waals surface area (Å²) in [6, 6.07) is 14.5. The molecular weight excluding hydrogens is 282 g/mol. The standard InChI is InChI=1S/C18H20ClNO/c1-21-18-8-4-7-17(19)16(18)12-20-11-14-5-2-3-6-15(14)13-9-10-13/h2-8,13,20H,9-12H2,1H3. The van der Waals surface area contributed by atoms with Gasteiger partial charge in [0.15, 0.2) is 0 Å². The highest BCUT2D eigenvalue weighted by Crippen LogP contribution is 2.41. The minimum Gasteiger partial charge on any atom is -0.496 e. The molecule has 0 bridgehead atoms. The van der Waals surface area contributed by atoms with Gasteiger partial charge in [-0.1, -0.05) is 41.9 Å². The highest BCUT2D eigenvalue weighted by Gasteiger charge is 2.25. The molecular formula is C18H20ClNO. The summed E-state index contributed by atoms with van der Waals surface area (Å²) >= 11 is 6.26. The van der Waals surface area contributed by atoms with Crippen molar-refractivity contribution in [1.82, 2.24) is 5.32 Å². The number of nitrogens with one attached hydrogen (secondary N) is 1. The van der Waals surface area contributed by atoms with Gasteiger partial charge in [0.05, 0.1) is 7.11 Å². The highest BCUT2D eigenvalue weighted by atomic mass is 35.5. The van der Waals surface area contributed by atoms with E-state index in [0.717, 1.165) is 28.8 Å². The maximum Gasteiger partial charge on any atom is 0.124 e. The van der Waals surface area contributed by atoms with Gasteiger partial charge in [-0.2, -0.15) is 0 Å². The van der Waals surface area contributed by atoms with E-state index in [1.807, 2.05) is 18.2 Å². The maximum atomic E-state index is 6.26. The molecule has 21 heavy (non-hydrogen) atoms. The number of benzene rings is 2. The zero-order valence-electron chi connectivity index (χ0n) is 12.2. The lowest BCUT2D eigenvalue weighted by Crippen LogP contribution is -2.15. The van der Waals surface area contributed by atoms with Crippen LogP contribution in [0.15, 0.2) is 42.5 Å². The second kappa shape index (κ2) is 6.50. The van der Waals surface area contributed by atoms with Crippen LogP contribution in [-0.2, 0) is 13.1 Å². The van der Waals surface area contributed by atoms with Crippen molar-refractivity contribution in [3.05, 3.63) is 64.2 Å². The molecule has 110 valence electrons. The van der Waals surface area contributed by atoms with Crippen LogP contribution in [0.1, 0.15) is 35.4 Å². The van der Waals surface area contributed by atoms with E-state index in [4.69, 9.17) is 16.3 Å². The van der Waals surface area contributed by atoms with Crippen molar-refractivity contribution >= 4 is 11.6 Å². The topological polar surface area (TPSA) is 21.3 Å². The smallest absolute Gasteiger partial charge is 0.124 e. The molecule has 0 amide bonds. The van der Waals surface area contributed by atoms with Crippen molar-refractivity contribution in [2.24, 2.45) is 0 Å². The Morgan fingerprint density at radius 1 is 1.10 bits per heavy atom. The van der Waals surface area contributed by atoms with Gasteiger partial charge in [0.25, 0.3) is 0 Å². The van der Waals surface area contributed by atoms with Crippen LogP contribution in [0.2, 0.25) is 5.02 Å². The van der Waals surface area contributed by atoms with E-state index in [9.17, 15) is 0 Å². The first-order valence-corrected chi connectivity index (χ1v) is 7.77. The minimum absolute atomic E-state index is 0.710. The molecule has 0 unspecified atom stereocenters. The Labute approximate surface area is 131 Å². The number of hydrogen-bond acceptors (Lipinski definition) is 2. The lowest BCUT2D eigenvalue weighted by atomic mass is 10.0. The predicted octanol–water partition coefficient (Wildman–Crippen LogP) is 4.52. The van der Waals surface area contributed by atoms with Crippen molar-refractivity contribution in [2.75, 3.05) is 7.11 Å². The molecule has 0 atom stereocenters. The number of hydrogen-bond donors (Lipinski definition) is 1. The Morgan fingerprint density at radius 3 is 2.67 bits per heavy atom. The molecule has 0 saturated heterocycles. The number of halogens is 1. The van der Waals surface area contributed by atoms with Crippen molar-refractivity contribution < 1.29 is 4.74 Å². The van der Waals surface area contributed by atoms with Gasteiger partial charge in [-0.3, -0.25) is 0 Å². The minimum atomic E-state index is 0.710. The Morgan fingerprint density at radius 2 is 1.90 bits per heavy atom. The number of rotatable bonds is 6. The van der Waals surface area contributed by atoms with Crippen LogP contribution in [-0.4, -0.2) is 7.11 Å². The van der Waals surface area contributed by atoms with Crippen molar-refractivity contribution in [2.45, 2.75) is 31.8 Å². The van der Waals surface area contributed by atoms with Gasteiger partial charge in [-0.15, -0.1) is 0 Å². The van der Waals surface area contributed by atoms with Gasteiger partial charge in [0.2, 0.25) is 0 Å². The van der Waals surface area contributed by atoms with Gasteiger partial charge >= 0.3 is 0 Å². The van der Waals surface area contributed by atoms with E-state index in [-0.39, 0.29) is 0 Å². The molecule has 3 heteroatoms. The third kappa shape index (κ3) is 3.39. The summed E-state index contributed by atoms with van der Waals surface area (Å²) in [4.78, 5) is 0. The molecule has 0 heterocycles. The fourth-order valence-corrected chi connectivity index (χ4v) is 2.94. The molecule has 0 radical (unpaired) electrons. The molecule has 0 aliphatic heterocycles. The number of ether oxygens (including phenoxy) is 1. The van der Waals surface area contributed by atoms with E-state index in [0.29, 0.717) is 6.54 Å². The van der Waals surface area contributed by atoms with Crippen molar-refractivity contribution in [3.63, 3.8) is 0 Å². The van der Waals surface area contributed by atoms with E-state index in [1.54, 1.807) is 7.11 Å². The van der Waals surface area contributed by atoms with E-state index >= 15 is 0 Å². The van der Waals surface area contributed by atoms with E-state index < -0.39 is 0 Å². The third-order valence-corrected chi connectivity index (χ3v) is 4.34. The molecule has 0 spiro atoms. The second-order valence-corrected chi connectivity index (χ2v) is 5.90. The van der Waals surface area contributed by atoms with Crippen LogP contribution in [0.25, 0.3) is 0 Å². The summed E-state index contributed by atoms with van der Waals surface area (Å²) in [5.41, 5.74) is 3.91. The summed E-state index contributed by atoms with van der Waals surface area (Å²) < 4.78 is 5.38. The molecule has 1 aliphatic rings. The van der Waals surface area contributed by atoms with Crippen LogP contribution >= 0.6 is 11.6 Å². The fourth-order valence-electron chi connectivity index (χ4n) is 2.71. The van der Waals surface area contributed by atoms with Crippen LogP contribution in [0.3, 0.4) is 0 Å². The van der Waals surface area contributed by atoms with E-state index in [2.05, 4.69) is 29.6 Å². The Balaban J connectivity index is 1.67. The van der Waals surface area contributed by atoms with Gasteiger partial charge in [0.1, 0.15) is 5.75 Å². The average molecular weight is 302 g/mol. The molecule has 1 fully saturated rings. The van der Waals surface area contributed by atoms with Gasteiger partial charge in [0, 0.05) is 23.7 Å². The normalized spacial score (nSPS) is 14.2. The summed E-state index contributed by atoms with van der Waals surface area (Å²) in [6.45, 7) is 1.57. The first-order chi connectivity index (χ1) is 10.3. The van der Waals surface area contributed by atoms with Gasteiger partial charge in [-0.25, -0.2) is 0 Å². The largest absolute Gasteiger partial charge is 0.496 e. The molecule has 2 aromatic rings. The lowest BCUT2D eigenvalue weighted by Gasteiger charge is -2.13. The molecule has 1 N–H and O–H groups in total. The first kappa shape index (κ1) is 14.4. The fraction of sp³-hybridized carbons (Fsp3) is 0.333. The summed E-state index contributed by atoms with van der Waals surface area (Å²) in [7, 11) is 1.68. The second-order valence-electron chi connectivity index (χ2n) is 5.50. The van der Waals surface area contributed by atoms with Gasteiger partial charge < -0.3 is 10.1 Å². The van der Waals surface area contributed by atoms with Crippen LogP contribution in [0.4, 0.5) is 0 Å². The van der Waals surface area contributed by atoms with Crippen molar-refractivity contribution in [1.29, 1.82) is 0 Å². The van der Waals surface area contributed by atoms with Crippen LogP contribution < -0.4 is 10.1 Å². The molecule has 2 aromatic carbocycles. The Hall–Kier alpha value is -1.51. The van der Waals surface area contributed by atoms with Gasteiger partial charge in [-0.05, 0) is 42.0 Å². The average Bonchev–Trinajstić information content (AvgIpc) is 3.34. The number of methoxy groups -OCH3 is 1. The zero-order chi connectivity index (χ0) is 14.7.